The molecule has 0 bridgehead atoms. The lowest BCUT2D eigenvalue weighted by Crippen LogP contribution is -2.27. The van der Waals surface area contributed by atoms with Crippen LogP contribution in [0.3, 0.4) is 0 Å². The van der Waals surface area contributed by atoms with Crippen LogP contribution in [0, 0.1) is 0 Å². The average molecular weight is 224 g/mol. The summed E-state index contributed by atoms with van der Waals surface area (Å²) in [6.45, 7) is 1.88. The van der Waals surface area contributed by atoms with Crippen LogP contribution in [0.15, 0.2) is 0 Å². The molecule has 16 heavy (non-hydrogen) atoms. The predicted octanol–water partition coefficient (Wildman–Crippen LogP) is 0.245. The standard InChI is InChI=1S/C10H16N4O2/c1-16-10(15)8-7(9(11)14-13-8)6-2-4-12-5-3-6/h6,12H,2-5H2,1H3,(H3,11,13,14). The van der Waals surface area contributed by atoms with Crippen molar-refractivity contribution in [3.8, 4) is 0 Å². The van der Waals surface area contributed by atoms with Gasteiger partial charge in [0.2, 0.25) is 0 Å². The molecule has 0 unspecified atom stereocenters. The highest BCUT2D eigenvalue weighted by Gasteiger charge is 2.26. The van der Waals surface area contributed by atoms with E-state index in [2.05, 4.69) is 15.5 Å². The summed E-state index contributed by atoms with van der Waals surface area (Å²) in [6.07, 6.45) is 1.93. The van der Waals surface area contributed by atoms with E-state index in [1.54, 1.807) is 0 Å². The fraction of sp³-hybridized carbons (Fsp3) is 0.600. The van der Waals surface area contributed by atoms with Crippen LogP contribution in [0.2, 0.25) is 0 Å². The van der Waals surface area contributed by atoms with Crippen molar-refractivity contribution in [2.45, 2.75) is 18.8 Å². The highest BCUT2D eigenvalue weighted by atomic mass is 16.5. The molecular formula is C10H16N4O2. The molecule has 0 spiro atoms. The molecule has 1 fully saturated rings. The van der Waals surface area contributed by atoms with Crippen molar-refractivity contribution >= 4 is 11.8 Å². The first-order chi connectivity index (χ1) is 7.74. The number of methoxy groups -OCH3 is 1. The number of esters is 1. The van der Waals surface area contributed by atoms with Gasteiger partial charge in [0.25, 0.3) is 0 Å². The molecule has 1 aliphatic rings. The fourth-order valence-corrected chi connectivity index (χ4v) is 2.15. The maximum absolute atomic E-state index is 11.5. The topological polar surface area (TPSA) is 93.0 Å². The molecule has 0 atom stereocenters. The zero-order chi connectivity index (χ0) is 11.5. The molecule has 88 valence electrons. The number of nitrogen functional groups attached to an aromatic ring is 1. The number of piperidine rings is 1. The first-order valence-electron chi connectivity index (χ1n) is 5.36. The number of aromatic nitrogens is 2. The number of nitrogens with zero attached hydrogens (tertiary/aromatic N) is 1. The van der Waals surface area contributed by atoms with Crippen LogP contribution in [0.5, 0.6) is 0 Å². The first kappa shape index (κ1) is 10.9. The van der Waals surface area contributed by atoms with E-state index in [1.807, 2.05) is 0 Å². The Morgan fingerprint density at radius 1 is 1.50 bits per heavy atom. The summed E-state index contributed by atoms with van der Waals surface area (Å²) in [6, 6.07) is 0. The second-order valence-electron chi connectivity index (χ2n) is 3.91. The number of H-pyrrole nitrogens is 1. The summed E-state index contributed by atoms with van der Waals surface area (Å²) in [7, 11) is 1.35. The molecule has 4 N–H and O–H groups in total. The van der Waals surface area contributed by atoms with Crippen molar-refractivity contribution in [2.24, 2.45) is 0 Å². The van der Waals surface area contributed by atoms with Gasteiger partial charge in [0.1, 0.15) is 11.5 Å². The summed E-state index contributed by atoms with van der Waals surface area (Å²) < 4.78 is 4.70. The van der Waals surface area contributed by atoms with Gasteiger partial charge in [0.05, 0.1) is 7.11 Å². The van der Waals surface area contributed by atoms with Crippen LogP contribution in [-0.4, -0.2) is 36.4 Å². The molecule has 1 aliphatic heterocycles. The van der Waals surface area contributed by atoms with Crippen LogP contribution < -0.4 is 11.1 Å². The summed E-state index contributed by atoms with van der Waals surface area (Å²) in [5, 5.41) is 9.82. The largest absolute Gasteiger partial charge is 0.464 e. The van der Waals surface area contributed by atoms with Gasteiger partial charge in [-0.05, 0) is 31.8 Å². The number of ether oxygens (including phenoxy) is 1. The van der Waals surface area contributed by atoms with Gasteiger partial charge in [-0.25, -0.2) is 4.79 Å². The summed E-state index contributed by atoms with van der Waals surface area (Å²) >= 11 is 0. The molecule has 6 heteroatoms. The van der Waals surface area contributed by atoms with Crippen LogP contribution in [0.4, 0.5) is 5.82 Å². The molecule has 0 aliphatic carbocycles. The Kier molecular flexibility index (Phi) is 3.09. The van der Waals surface area contributed by atoms with Gasteiger partial charge in [-0.2, -0.15) is 5.10 Å². The molecule has 1 saturated heterocycles. The molecule has 2 heterocycles. The molecular weight excluding hydrogens is 208 g/mol. The second-order valence-corrected chi connectivity index (χ2v) is 3.91. The van der Waals surface area contributed by atoms with E-state index in [9.17, 15) is 4.79 Å². The maximum Gasteiger partial charge on any atom is 0.356 e. The Labute approximate surface area is 93.5 Å². The number of hydrogen-bond donors (Lipinski definition) is 3. The van der Waals surface area contributed by atoms with Crippen LogP contribution in [0.25, 0.3) is 0 Å². The third-order valence-corrected chi connectivity index (χ3v) is 2.97. The van der Waals surface area contributed by atoms with Crippen molar-refractivity contribution in [3.63, 3.8) is 0 Å². The number of nitrogens with one attached hydrogen (secondary N) is 2. The van der Waals surface area contributed by atoms with E-state index in [0.29, 0.717) is 11.5 Å². The summed E-state index contributed by atoms with van der Waals surface area (Å²) in [4.78, 5) is 11.5. The molecule has 1 aromatic rings. The predicted molar refractivity (Wildman–Crippen MR) is 59.2 cm³/mol. The molecule has 0 saturated carbocycles. The molecule has 0 radical (unpaired) electrons. The minimum absolute atomic E-state index is 0.286. The number of rotatable bonds is 2. The number of anilines is 1. The third kappa shape index (κ3) is 1.88. The smallest absolute Gasteiger partial charge is 0.356 e. The van der Waals surface area contributed by atoms with Gasteiger partial charge in [-0.1, -0.05) is 0 Å². The number of carbonyl (C=O) groups excluding carboxylic acids is 1. The molecule has 0 aromatic carbocycles. The van der Waals surface area contributed by atoms with Gasteiger partial charge < -0.3 is 15.8 Å². The van der Waals surface area contributed by atoms with Gasteiger partial charge in [-0.15, -0.1) is 0 Å². The van der Waals surface area contributed by atoms with Crippen molar-refractivity contribution < 1.29 is 9.53 Å². The van der Waals surface area contributed by atoms with Crippen molar-refractivity contribution in [3.05, 3.63) is 11.3 Å². The minimum Gasteiger partial charge on any atom is -0.464 e. The van der Waals surface area contributed by atoms with Gasteiger partial charge in [0, 0.05) is 5.56 Å². The number of aromatic amines is 1. The van der Waals surface area contributed by atoms with Gasteiger partial charge in [-0.3, -0.25) is 5.10 Å². The zero-order valence-corrected chi connectivity index (χ0v) is 9.25. The summed E-state index contributed by atoms with van der Waals surface area (Å²) in [5.74, 6) is 0.291. The monoisotopic (exact) mass is 224 g/mol. The number of nitrogens with two attached hydrogens (primary N) is 1. The second kappa shape index (κ2) is 4.52. The van der Waals surface area contributed by atoms with E-state index in [0.717, 1.165) is 31.5 Å². The average Bonchev–Trinajstić information content (AvgIpc) is 2.71. The lowest BCUT2D eigenvalue weighted by molar-refractivity contribution is 0.0592. The molecule has 2 rings (SSSR count). The Morgan fingerprint density at radius 3 is 2.81 bits per heavy atom. The normalized spacial score (nSPS) is 17.3. The van der Waals surface area contributed by atoms with Crippen LogP contribution in [-0.2, 0) is 4.74 Å². The Bertz CT molecular complexity index is 382. The lowest BCUT2D eigenvalue weighted by atomic mass is 9.90. The van der Waals surface area contributed by atoms with E-state index in [-0.39, 0.29) is 5.92 Å². The first-order valence-corrected chi connectivity index (χ1v) is 5.36. The third-order valence-electron chi connectivity index (χ3n) is 2.97. The minimum atomic E-state index is -0.405. The highest BCUT2D eigenvalue weighted by molar-refractivity contribution is 5.90. The fourth-order valence-electron chi connectivity index (χ4n) is 2.15. The maximum atomic E-state index is 11.5. The van der Waals surface area contributed by atoms with Gasteiger partial charge in [0.15, 0.2) is 0 Å². The Morgan fingerprint density at radius 2 is 2.19 bits per heavy atom. The van der Waals surface area contributed by atoms with Crippen LogP contribution in [0.1, 0.15) is 34.8 Å². The highest BCUT2D eigenvalue weighted by Crippen LogP contribution is 2.31. The van der Waals surface area contributed by atoms with E-state index >= 15 is 0 Å². The van der Waals surface area contributed by atoms with Crippen molar-refractivity contribution in [1.82, 2.24) is 15.5 Å². The van der Waals surface area contributed by atoms with Crippen molar-refractivity contribution in [2.75, 3.05) is 25.9 Å². The lowest BCUT2D eigenvalue weighted by Gasteiger charge is -2.22. The zero-order valence-electron chi connectivity index (χ0n) is 9.25. The van der Waals surface area contributed by atoms with E-state index in [4.69, 9.17) is 10.5 Å². The molecule has 0 amide bonds. The number of carbonyl (C=O) groups is 1. The Balaban J connectivity index is 2.30. The molecule has 6 nitrogen and oxygen atoms in total. The molecule has 1 aromatic heterocycles. The number of hydrogen-bond acceptors (Lipinski definition) is 5. The SMILES string of the molecule is COC(=O)c1[nH]nc(N)c1C1CCNCC1. The van der Waals surface area contributed by atoms with E-state index in [1.165, 1.54) is 7.11 Å². The Hall–Kier alpha value is -1.56. The van der Waals surface area contributed by atoms with Crippen molar-refractivity contribution in [1.29, 1.82) is 0 Å². The summed E-state index contributed by atoms with van der Waals surface area (Å²) in [5.41, 5.74) is 7.00. The van der Waals surface area contributed by atoms with Gasteiger partial charge >= 0.3 is 5.97 Å². The van der Waals surface area contributed by atoms with Crippen LogP contribution >= 0.6 is 0 Å². The quantitative estimate of drug-likeness (QED) is 0.626. The van der Waals surface area contributed by atoms with E-state index < -0.39 is 5.97 Å².